The maximum Gasteiger partial charge on any atom is 0.410 e. The van der Waals surface area contributed by atoms with E-state index in [1.165, 1.54) is 4.90 Å². The molecule has 1 aliphatic heterocycles. The monoisotopic (exact) mass is 323 g/mol. The van der Waals surface area contributed by atoms with Gasteiger partial charge in [0.25, 0.3) is 0 Å². The fourth-order valence-corrected chi connectivity index (χ4v) is 2.91. The van der Waals surface area contributed by atoms with Crippen molar-refractivity contribution in [3.8, 4) is 0 Å². The largest absolute Gasteiger partial charge is 0.481 e. The number of carboxylic acids is 1. The lowest BCUT2D eigenvalue weighted by molar-refractivity contribution is -0.152. The molecule has 2 heterocycles. The van der Waals surface area contributed by atoms with E-state index >= 15 is 0 Å². The maximum absolute atomic E-state index is 12.3. The van der Waals surface area contributed by atoms with Crippen molar-refractivity contribution < 1.29 is 19.4 Å². The summed E-state index contributed by atoms with van der Waals surface area (Å²) in [5.41, 5.74) is -0.883. The van der Waals surface area contributed by atoms with Gasteiger partial charge in [-0.05, 0) is 39.7 Å². The third kappa shape index (κ3) is 4.24. The van der Waals surface area contributed by atoms with Gasteiger partial charge in [-0.3, -0.25) is 9.48 Å². The molecule has 1 aromatic rings. The average Bonchev–Trinajstić information content (AvgIpc) is 2.82. The van der Waals surface area contributed by atoms with E-state index in [1.807, 2.05) is 6.07 Å². The average molecular weight is 323 g/mol. The Balaban J connectivity index is 2.16. The van der Waals surface area contributed by atoms with E-state index in [2.05, 4.69) is 5.10 Å². The number of ether oxygens (including phenoxy) is 1. The molecule has 7 heteroatoms. The van der Waals surface area contributed by atoms with Crippen LogP contribution in [0.5, 0.6) is 0 Å². The van der Waals surface area contributed by atoms with E-state index in [0.717, 1.165) is 5.69 Å². The molecular formula is C16H25N3O4. The number of hydrogen-bond acceptors (Lipinski definition) is 4. The molecule has 7 nitrogen and oxygen atoms in total. The maximum atomic E-state index is 12.3. The number of carbonyl (C=O) groups excluding carboxylic acids is 1. The minimum Gasteiger partial charge on any atom is -0.481 e. The SMILES string of the molecule is Cn1ccc(CC2(C(=O)O)CCCN(C(=O)OC(C)(C)C)C2)n1. The molecule has 23 heavy (non-hydrogen) atoms. The normalized spacial score (nSPS) is 22.0. The highest BCUT2D eigenvalue weighted by Crippen LogP contribution is 2.34. The molecule has 0 aliphatic carbocycles. The quantitative estimate of drug-likeness (QED) is 0.920. The summed E-state index contributed by atoms with van der Waals surface area (Å²) >= 11 is 0. The minimum atomic E-state index is -1.01. The van der Waals surface area contributed by atoms with Crippen LogP contribution in [0.3, 0.4) is 0 Å². The first kappa shape index (κ1) is 17.3. The predicted octanol–water partition coefficient (Wildman–Crippen LogP) is 2.06. The topological polar surface area (TPSA) is 84.7 Å². The highest BCUT2D eigenvalue weighted by Gasteiger charge is 2.45. The molecule has 0 aromatic carbocycles. The van der Waals surface area contributed by atoms with Gasteiger partial charge in [0.15, 0.2) is 0 Å². The number of aryl methyl sites for hydroxylation is 1. The molecule has 2 rings (SSSR count). The minimum absolute atomic E-state index is 0.147. The second-order valence-corrected chi connectivity index (χ2v) is 7.25. The van der Waals surface area contributed by atoms with E-state index in [9.17, 15) is 14.7 Å². The van der Waals surface area contributed by atoms with Crippen LogP contribution in [0.1, 0.15) is 39.3 Å². The Kier molecular flexibility index (Phi) is 4.68. The van der Waals surface area contributed by atoms with Crippen molar-refractivity contribution in [2.75, 3.05) is 13.1 Å². The Morgan fingerprint density at radius 2 is 2.13 bits per heavy atom. The number of carbonyl (C=O) groups is 2. The first-order valence-corrected chi connectivity index (χ1v) is 7.81. The highest BCUT2D eigenvalue weighted by atomic mass is 16.6. The van der Waals surface area contributed by atoms with Gasteiger partial charge in [0.1, 0.15) is 5.60 Å². The number of likely N-dealkylation sites (tertiary alicyclic amines) is 1. The number of piperidine rings is 1. The van der Waals surface area contributed by atoms with E-state index < -0.39 is 23.1 Å². The van der Waals surface area contributed by atoms with Crippen molar-refractivity contribution in [1.82, 2.24) is 14.7 Å². The molecule has 1 N–H and O–H groups in total. The summed E-state index contributed by atoms with van der Waals surface area (Å²) in [6.07, 6.45) is 2.81. The van der Waals surface area contributed by atoms with Gasteiger partial charge < -0.3 is 14.7 Å². The molecule has 1 atom stereocenters. The number of aromatic nitrogens is 2. The van der Waals surface area contributed by atoms with Crippen LogP contribution in [0.4, 0.5) is 4.79 Å². The summed E-state index contributed by atoms with van der Waals surface area (Å²) in [5, 5.41) is 14.1. The van der Waals surface area contributed by atoms with Crippen molar-refractivity contribution in [1.29, 1.82) is 0 Å². The van der Waals surface area contributed by atoms with Gasteiger partial charge in [-0.1, -0.05) is 0 Å². The summed E-state index contributed by atoms with van der Waals surface area (Å²) in [5.74, 6) is -0.892. The molecule has 128 valence electrons. The Morgan fingerprint density at radius 1 is 1.43 bits per heavy atom. The Hall–Kier alpha value is -2.05. The van der Waals surface area contributed by atoms with Gasteiger partial charge >= 0.3 is 12.1 Å². The predicted molar refractivity (Wildman–Crippen MR) is 84.0 cm³/mol. The molecule has 0 bridgehead atoms. The van der Waals surface area contributed by atoms with Crippen molar-refractivity contribution in [3.05, 3.63) is 18.0 Å². The van der Waals surface area contributed by atoms with E-state index in [4.69, 9.17) is 4.74 Å². The fourth-order valence-electron chi connectivity index (χ4n) is 2.91. The number of nitrogens with zero attached hydrogens (tertiary/aromatic N) is 3. The third-order valence-electron chi connectivity index (χ3n) is 3.97. The third-order valence-corrected chi connectivity index (χ3v) is 3.97. The van der Waals surface area contributed by atoms with Gasteiger partial charge in [0.2, 0.25) is 0 Å². The molecule has 1 saturated heterocycles. The van der Waals surface area contributed by atoms with Crippen LogP contribution >= 0.6 is 0 Å². The number of hydrogen-bond donors (Lipinski definition) is 1. The lowest BCUT2D eigenvalue weighted by Crippen LogP contribution is -2.52. The van der Waals surface area contributed by atoms with E-state index in [1.54, 1.807) is 38.7 Å². The van der Waals surface area contributed by atoms with Crippen molar-refractivity contribution >= 4 is 12.1 Å². The number of amides is 1. The standard InChI is InChI=1S/C16H25N3O4/c1-15(2,3)23-14(22)19-8-5-7-16(11-19,13(20)21)10-12-6-9-18(4)17-12/h6,9H,5,7-8,10-11H2,1-4H3,(H,20,21). The summed E-state index contributed by atoms with van der Waals surface area (Å²) in [6.45, 7) is 6.06. The summed E-state index contributed by atoms with van der Waals surface area (Å²) in [4.78, 5) is 25.7. The fraction of sp³-hybridized carbons (Fsp3) is 0.688. The van der Waals surface area contributed by atoms with E-state index in [0.29, 0.717) is 25.8 Å². The molecule has 1 aromatic heterocycles. The van der Waals surface area contributed by atoms with Crippen LogP contribution in [0.2, 0.25) is 0 Å². The summed E-state index contributed by atoms with van der Waals surface area (Å²) in [6, 6.07) is 1.82. The van der Waals surface area contributed by atoms with Crippen molar-refractivity contribution in [2.45, 2.75) is 45.6 Å². The summed E-state index contributed by atoms with van der Waals surface area (Å²) in [7, 11) is 1.80. The summed E-state index contributed by atoms with van der Waals surface area (Å²) < 4.78 is 7.03. The highest BCUT2D eigenvalue weighted by molar-refractivity contribution is 5.77. The Labute approximate surface area is 136 Å². The zero-order chi connectivity index (χ0) is 17.3. The zero-order valence-electron chi connectivity index (χ0n) is 14.2. The molecule has 0 saturated carbocycles. The van der Waals surface area contributed by atoms with Crippen LogP contribution in [0.25, 0.3) is 0 Å². The van der Waals surface area contributed by atoms with Gasteiger partial charge in [-0.2, -0.15) is 5.10 Å². The van der Waals surface area contributed by atoms with Crippen molar-refractivity contribution in [2.24, 2.45) is 12.5 Å². The van der Waals surface area contributed by atoms with Gasteiger partial charge in [0, 0.05) is 32.8 Å². The van der Waals surface area contributed by atoms with Crippen LogP contribution in [-0.4, -0.2) is 50.5 Å². The number of carboxylic acid groups (broad SMARTS) is 1. The zero-order valence-corrected chi connectivity index (χ0v) is 14.2. The molecule has 0 spiro atoms. The number of rotatable bonds is 3. The molecule has 1 aliphatic rings. The van der Waals surface area contributed by atoms with Crippen LogP contribution in [0.15, 0.2) is 12.3 Å². The van der Waals surface area contributed by atoms with Crippen molar-refractivity contribution in [3.63, 3.8) is 0 Å². The lowest BCUT2D eigenvalue weighted by Gasteiger charge is -2.40. The first-order valence-electron chi connectivity index (χ1n) is 7.81. The first-order chi connectivity index (χ1) is 10.6. The van der Waals surface area contributed by atoms with Crippen LogP contribution < -0.4 is 0 Å². The van der Waals surface area contributed by atoms with Gasteiger partial charge in [0.05, 0.1) is 11.1 Å². The van der Waals surface area contributed by atoms with Crippen LogP contribution in [0, 0.1) is 5.41 Å². The molecule has 1 amide bonds. The molecule has 0 radical (unpaired) electrons. The molecule has 1 unspecified atom stereocenters. The molecule has 1 fully saturated rings. The van der Waals surface area contributed by atoms with Gasteiger partial charge in [-0.15, -0.1) is 0 Å². The van der Waals surface area contributed by atoms with E-state index in [-0.39, 0.29) is 6.54 Å². The molecular weight excluding hydrogens is 298 g/mol. The second kappa shape index (κ2) is 6.22. The lowest BCUT2D eigenvalue weighted by atomic mass is 9.76. The Bertz CT molecular complexity index is 590. The number of aliphatic carboxylic acids is 1. The Morgan fingerprint density at radius 3 is 2.65 bits per heavy atom. The van der Waals surface area contributed by atoms with Crippen LogP contribution in [-0.2, 0) is 23.0 Å². The second-order valence-electron chi connectivity index (χ2n) is 7.25. The smallest absolute Gasteiger partial charge is 0.410 e. The van der Waals surface area contributed by atoms with Gasteiger partial charge in [-0.25, -0.2) is 4.79 Å².